The molecule has 0 spiro atoms. The van der Waals surface area contributed by atoms with Crippen LogP contribution in [-0.4, -0.2) is 77.8 Å². The van der Waals surface area contributed by atoms with Crippen LogP contribution < -0.4 is 20.6 Å². The Morgan fingerprint density at radius 1 is 0.545 bits per heavy atom. The Hall–Kier alpha value is -8.70. The van der Waals surface area contributed by atoms with Crippen molar-refractivity contribution < 1.29 is 109 Å². The molecule has 0 saturated carbocycles. The van der Waals surface area contributed by atoms with E-state index in [2.05, 4.69) is 36.0 Å². The van der Waals surface area contributed by atoms with E-state index in [1.165, 1.54) is 49.4 Å². The van der Waals surface area contributed by atoms with Crippen LogP contribution in [0.5, 0.6) is 28.7 Å². The summed E-state index contributed by atoms with van der Waals surface area (Å²) in [7, 11) is -20.4. The van der Waals surface area contributed by atoms with Gasteiger partial charge in [0.15, 0.2) is 5.75 Å². The summed E-state index contributed by atoms with van der Waals surface area (Å²) in [6, 6.07) is 15.5. The van der Waals surface area contributed by atoms with Gasteiger partial charge >= 0.3 is 23.0 Å². The molecule has 7 aromatic carbocycles. The molecule has 0 atom stereocenters. The zero-order valence-corrected chi connectivity index (χ0v) is 42.5. The second-order valence-electron chi connectivity index (χ2n) is 15.2. The smallest absolute Gasteiger partial charge is 0.871 e. The molecule has 31 nitrogen and oxygen atoms in total. The Labute approximate surface area is 441 Å². The predicted molar refractivity (Wildman–Crippen MR) is 253 cm³/mol. The number of fused-ring (bicyclic) bond motifs is 2. The van der Waals surface area contributed by atoms with Crippen molar-refractivity contribution in [1.29, 1.82) is 0 Å². The van der Waals surface area contributed by atoms with Gasteiger partial charge in [-0.15, -0.1) is 15.3 Å². The first kappa shape index (κ1) is 59.2. The Kier molecular flexibility index (Phi) is 17.1. The molecule has 0 heterocycles. The van der Waals surface area contributed by atoms with Crippen molar-refractivity contribution in [3.8, 4) is 28.7 Å². The third kappa shape index (κ3) is 13.6. The minimum atomic E-state index is -5.25. The van der Waals surface area contributed by atoms with E-state index in [9.17, 15) is 102 Å². The van der Waals surface area contributed by atoms with Crippen LogP contribution in [0.1, 0.15) is 12.5 Å². The molecule has 7 aromatic rings. The molecule has 399 valence electrons. The normalized spacial score (nSPS) is 12.2. The largest absolute Gasteiger partial charge is 3.00 e. The van der Waals surface area contributed by atoms with Crippen molar-refractivity contribution in [3.63, 3.8) is 0 Å². The number of phenols is 2. The number of carbonyl (C=O) groups excluding carboxylic acids is 1. The van der Waals surface area contributed by atoms with E-state index in [-0.39, 0.29) is 62.0 Å². The van der Waals surface area contributed by atoms with Crippen molar-refractivity contribution in [2.45, 2.75) is 33.4 Å². The third-order valence-electron chi connectivity index (χ3n) is 9.90. The molecule has 0 bridgehead atoms. The Bertz CT molecular complexity index is 4220. The van der Waals surface area contributed by atoms with E-state index >= 15 is 0 Å². The molecule has 0 fully saturated rings. The molecule has 0 aliphatic heterocycles. The molecule has 7 N–H and O–H groups in total. The standard InChI is InChI=1S/C23H17N5O11S2.C18H14N4O11S2.Cr/c1-11-2-5-18(29)16(6-11)25-24-13-4-3-12-7-19(40(34,35)36)21(22(30)15(12)8-13)27-26-17-9-14(28(32)33)10-20(23(17)31)41(37,38)39;1-8(23)19-10-3-2-9-4-15(35(31,32)33)16(17(24)12(9)5-10)21-20-13-6-11(34(28,29)30)7-14(18(13)25)22(26)27;/h2-10,29-31H,1H3,(H,34,35,36)(H,37,38,39);2-7,24-25H,1H3,(H,19,23)(H,28,29,30)(H,31,32,33);/q;;+3/p-3. The van der Waals surface area contributed by atoms with Crippen LogP contribution in [0.25, 0.3) is 21.5 Å². The Balaban J connectivity index is 0.000000284. The summed E-state index contributed by atoms with van der Waals surface area (Å²) < 4.78 is 132. The van der Waals surface area contributed by atoms with E-state index in [1.54, 1.807) is 13.0 Å². The van der Waals surface area contributed by atoms with Crippen molar-refractivity contribution >= 4 is 119 Å². The predicted octanol–water partition coefficient (Wildman–Crippen LogP) is 6.63. The van der Waals surface area contributed by atoms with Crippen LogP contribution in [-0.2, 0) is 62.6 Å². The SMILES string of the molecule is CC(=O)Nc1ccc2cc(S(=O)(=O)O)c(N=Nc3cc(S(=O)(=O)O)cc([N+](=O)[O-])c3O)c(O)c2c1.Cc1ccc([O-])c(N=Nc2ccc3cc(S(=O)(=O)O)c(N=Nc4cc([N+](=O)[O-])cc(S(=O)(=O)O)c4[O-])c([O-])c3c2)c1.[Cr+3]. The Morgan fingerprint density at radius 2 is 1.10 bits per heavy atom. The zero-order chi connectivity index (χ0) is 56.6. The van der Waals surface area contributed by atoms with Crippen molar-refractivity contribution in [2.75, 3.05) is 5.32 Å². The van der Waals surface area contributed by atoms with Crippen LogP contribution in [0.2, 0.25) is 0 Å². The number of nitro groups is 2. The van der Waals surface area contributed by atoms with Gasteiger partial charge in [0.25, 0.3) is 46.2 Å². The van der Waals surface area contributed by atoms with Crippen LogP contribution in [0.15, 0.2) is 141 Å². The van der Waals surface area contributed by atoms with E-state index in [1.807, 2.05) is 0 Å². The number of nitro benzene ring substituents is 2. The summed E-state index contributed by atoms with van der Waals surface area (Å²) in [6.45, 7) is 2.95. The molecule has 1 amide bonds. The van der Waals surface area contributed by atoms with Gasteiger partial charge in [0.1, 0.15) is 26.1 Å². The van der Waals surface area contributed by atoms with Gasteiger partial charge in [0.05, 0.1) is 37.5 Å². The maximum atomic E-state index is 13.3. The fourth-order valence-corrected chi connectivity index (χ4v) is 8.94. The maximum absolute atomic E-state index is 13.3. The number of non-ortho nitro benzene ring substituents is 1. The number of hydrogen-bond acceptors (Lipinski definition) is 24. The molecular formula is C41H28CrN9O22S4. The van der Waals surface area contributed by atoms with Crippen LogP contribution in [0, 0.1) is 27.2 Å². The van der Waals surface area contributed by atoms with Gasteiger partial charge in [-0.1, -0.05) is 41.5 Å². The van der Waals surface area contributed by atoms with Gasteiger partial charge in [-0.2, -0.15) is 49.0 Å². The van der Waals surface area contributed by atoms with Gasteiger partial charge < -0.3 is 30.8 Å². The zero-order valence-electron chi connectivity index (χ0n) is 38.0. The number of benzene rings is 7. The molecule has 0 aliphatic carbocycles. The van der Waals surface area contributed by atoms with Crippen LogP contribution in [0.4, 0.5) is 51.2 Å². The third-order valence-corrected chi connectivity index (χ3v) is 13.3. The fraction of sp³-hybridized carbons (Fsp3) is 0.0488. The number of rotatable bonds is 13. The number of nitrogens with zero attached hydrogens (tertiary/aromatic N) is 8. The summed E-state index contributed by atoms with van der Waals surface area (Å²) in [5, 5.41) is 104. The molecule has 1 radical (unpaired) electrons. The molecule has 0 aliphatic rings. The number of amides is 1. The molecular weight excluding hydrogens is 1150 g/mol. The minimum Gasteiger partial charge on any atom is -0.871 e. The van der Waals surface area contributed by atoms with Crippen molar-refractivity contribution in [2.24, 2.45) is 30.7 Å². The van der Waals surface area contributed by atoms with Gasteiger partial charge in [-0.25, -0.2) is 0 Å². The number of aromatic hydroxyl groups is 2. The molecule has 7 rings (SSSR count). The fourth-order valence-electron chi connectivity index (χ4n) is 6.50. The summed E-state index contributed by atoms with van der Waals surface area (Å²) in [5.74, 6) is -5.60. The number of carbonyl (C=O) groups is 1. The summed E-state index contributed by atoms with van der Waals surface area (Å²) in [4.78, 5) is 26.9. The van der Waals surface area contributed by atoms with Gasteiger partial charge in [-0.3, -0.25) is 43.2 Å². The van der Waals surface area contributed by atoms with E-state index in [4.69, 9.17) is 0 Å². The summed E-state index contributed by atoms with van der Waals surface area (Å²) >= 11 is 0. The van der Waals surface area contributed by atoms with Gasteiger partial charge in [-0.05, 0) is 77.2 Å². The number of nitrogens with one attached hydrogen (secondary N) is 1. The Morgan fingerprint density at radius 3 is 1.68 bits per heavy atom. The average molecular weight is 1180 g/mol. The maximum Gasteiger partial charge on any atom is 3.00 e. The number of anilines is 1. The molecule has 0 saturated heterocycles. The molecule has 77 heavy (non-hydrogen) atoms. The summed E-state index contributed by atoms with van der Waals surface area (Å²) in [6.07, 6.45) is 0. The average Bonchev–Trinajstić information content (AvgIpc) is 3.30. The quantitative estimate of drug-likeness (QED) is 0.0276. The van der Waals surface area contributed by atoms with Crippen LogP contribution >= 0.6 is 0 Å². The first-order valence-electron chi connectivity index (χ1n) is 19.9. The van der Waals surface area contributed by atoms with E-state index in [0.29, 0.717) is 18.2 Å². The second-order valence-corrected chi connectivity index (χ2v) is 20.8. The van der Waals surface area contributed by atoms with Gasteiger partial charge in [0.2, 0.25) is 11.7 Å². The summed E-state index contributed by atoms with van der Waals surface area (Å²) in [5.41, 5.74) is -5.00. The van der Waals surface area contributed by atoms with Crippen LogP contribution in [0.3, 0.4) is 0 Å². The molecule has 0 aromatic heterocycles. The van der Waals surface area contributed by atoms with E-state index in [0.717, 1.165) is 23.8 Å². The number of azo groups is 3. The number of phenolic OH excluding ortho intramolecular Hbond substituents is 2. The monoisotopic (exact) mass is 1180 g/mol. The number of aryl methyl sites for hydroxylation is 1. The second kappa shape index (κ2) is 22.3. The first-order valence-corrected chi connectivity index (χ1v) is 25.7. The van der Waals surface area contributed by atoms with Gasteiger partial charge in [0, 0.05) is 36.2 Å². The van der Waals surface area contributed by atoms with E-state index < -0.39 is 139 Å². The topological polar surface area (TPSA) is 517 Å². The van der Waals surface area contributed by atoms with Crippen molar-refractivity contribution in [3.05, 3.63) is 117 Å². The minimum absolute atomic E-state index is 0. The molecule has 36 heteroatoms. The first-order chi connectivity index (χ1) is 35.1. The number of hydrogen-bond donors (Lipinski definition) is 7. The molecule has 0 unspecified atom stereocenters. The van der Waals surface area contributed by atoms with Crippen molar-refractivity contribution in [1.82, 2.24) is 0 Å².